The Morgan fingerprint density at radius 2 is 1.67 bits per heavy atom. The zero-order valence-electron chi connectivity index (χ0n) is 17.8. The Hall–Kier alpha value is -2.66. The van der Waals surface area contributed by atoms with Crippen molar-refractivity contribution in [3.63, 3.8) is 0 Å². The zero-order chi connectivity index (χ0) is 20.9. The molecule has 2 aromatic carbocycles. The van der Waals surface area contributed by atoms with Crippen LogP contribution in [0.2, 0.25) is 0 Å². The zero-order valence-corrected chi connectivity index (χ0v) is 17.8. The molecule has 1 N–H and O–H groups in total. The van der Waals surface area contributed by atoms with Gasteiger partial charge in [0.15, 0.2) is 0 Å². The summed E-state index contributed by atoms with van der Waals surface area (Å²) >= 11 is 0. The summed E-state index contributed by atoms with van der Waals surface area (Å²) in [6, 6.07) is 15.4. The number of benzene rings is 2. The summed E-state index contributed by atoms with van der Waals surface area (Å²) in [5.74, 6) is 0.871. The first kappa shape index (κ1) is 20.6. The molecule has 0 saturated carbocycles. The third kappa shape index (κ3) is 5.08. The summed E-state index contributed by atoms with van der Waals surface area (Å²) in [7, 11) is 0. The Kier molecular flexibility index (Phi) is 6.48. The average molecular weight is 406 g/mol. The Labute approximate surface area is 179 Å². The van der Waals surface area contributed by atoms with Crippen LogP contribution in [0.15, 0.2) is 48.5 Å². The van der Waals surface area contributed by atoms with Gasteiger partial charge in [-0.25, -0.2) is 0 Å². The van der Waals surface area contributed by atoms with Gasteiger partial charge in [0.1, 0.15) is 0 Å². The second-order valence-corrected chi connectivity index (χ2v) is 8.66. The summed E-state index contributed by atoms with van der Waals surface area (Å²) in [4.78, 5) is 29.0. The van der Waals surface area contributed by atoms with E-state index in [0.29, 0.717) is 12.0 Å². The molecular formula is C25H31N3O2. The van der Waals surface area contributed by atoms with Gasteiger partial charge in [-0.2, -0.15) is 0 Å². The molecule has 0 aromatic heterocycles. The molecule has 2 saturated heterocycles. The van der Waals surface area contributed by atoms with Crippen LogP contribution in [0.3, 0.4) is 0 Å². The number of amides is 2. The van der Waals surface area contributed by atoms with Crippen molar-refractivity contribution in [2.24, 2.45) is 5.92 Å². The molecule has 5 heteroatoms. The van der Waals surface area contributed by atoms with Crippen LogP contribution in [0.1, 0.15) is 54.9 Å². The summed E-state index contributed by atoms with van der Waals surface area (Å²) in [5.41, 5.74) is 3.53. The van der Waals surface area contributed by atoms with E-state index >= 15 is 0 Å². The van der Waals surface area contributed by atoms with Crippen LogP contribution in [0, 0.1) is 5.92 Å². The summed E-state index contributed by atoms with van der Waals surface area (Å²) < 4.78 is 0. The maximum absolute atomic E-state index is 12.6. The van der Waals surface area contributed by atoms with Crippen molar-refractivity contribution in [1.82, 2.24) is 4.90 Å². The van der Waals surface area contributed by atoms with Gasteiger partial charge in [0.25, 0.3) is 5.91 Å². The maximum Gasteiger partial charge on any atom is 0.255 e. The number of piperidine rings is 2. The Balaban J connectivity index is 1.32. The number of rotatable bonds is 5. The lowest BCUT2D eigenvalue weighted by Crippen LogP contribution is -2.35. The van der Waals surface area contributed by atoms with Crippen LogP contribution in [0.25, 0.3) is 0 Å². The minimum atomic E-state index is -0.135. The molecule has 0 atom stereocenters. The predicted octanol–water partition coefficient (Wildman–Crippen LogP) is 4.69. The van der Waals surface area contributed by atoms with E-state index in [1.54, 1.807) is 12.1 Å². The van der Waals surface area contributed by atoms with E-state index in [0.717, 1.165) is 43.2 Å². The van der Waals surface area contributed by atoms with E-state index in [4.69, 9.17) is 0 Å². The molecule has 30 heavy (non-hydrogen) atoms. The SMILES string of the molecule is CC1CCN(Cc2ccc(NC(=O)c3ccc(N4CCCCC4=O)cc3)cc2)CC1. The van der Waals surface area contributed by atoms with Crippen molar-refractivity contribution in [3.8, 4) is 0 Å². The van der Waals surface area contributed by atoms with Crippen molar-refractivity contribution in [1.29, 1.82) is 0 Å². The first-order valence-corrected chi connectivity index (χ1v) is 11.1. The standard InChI is InChI=1S/C25H31N3O2/c1-19-13-16-27(17-14-19)18-20-5-9-22(10-6-20)26-25(30)21-7-11-23(12-8-21)28-15-3-2-4-24(28)29/h5-12,19H,2-4,13-18H2,1H3,(H,26,30). The number of likely N-dealkylation sites (tertiary alicyclic amines) is 1. The van der Waals surface area contributed by atoms with Crippen LogP contribution >= 0.6 is 0 Å². The fourth-order valence-corrected chi connectivity index (χ4v) is 4.25. The molecule has 0 aliphatic carbocycles. The first-order valence-electron chi connectivity index (χ1n) is 11.1. The fraction of sp³-hybridized carbons (Fsp3) is 0.440. The highest BCUT2D eigenvalue weighted by Crippen LogP contribution is 2.22. The summed E-state index contributed by atoms with van der Waals surface area (Å²) in [5, 5.41) is 2.97. The number of carbonyl (C=O) groups excluding carboxylic acids is 2. The van der Waals surface area contributed by atoms with Crippen molar-refractivity contribution in [2.45, 2.75) is 45.6 Å². The van der Waals surface area contributed by atoms with E-state index in [9.17, 15) is 9.59 Å². The second kappa shape index (κ2) is 9.43. The molecule has 2 aliphatic rings. The van der Waals surface area contributed by atoms with E-state index < -0.39 is 0 Å². The quantitative estimate of drug-likeness (QED) is 0.785. The Morgan fingerprint density at radius 3 is 2.33 bits per heavy atom. The molecular weight excluding hydrogens is 374 g/mol. The molecule has 4 rings (SSSR count). The predicted molar refractivity (Wildman–Crippen MR) is 121 cm³/mol. The summed E-state index contributed by atoms with van der Waals surface area (Å²) in [6.07, 6.45) is 5.15. The average Bonchev–Trinajstić information content (AvgIpc) is 2.77. The van der Waals surface area contributed by atoms with Crippen LogP contribution in [-0.4, -0.2) is 36.3 Å². The largest absolute Gasteiger partial charge is 0.322 e. The number of hydrogen-bond donors (Lipinski definition) is 1. The third-order valence-electron chi connectivity index (χ3n) is 6.26. The van der Waals surface area contributed by atoms with Gasteiger partial charge < -0.3 is 10.2 Å². The Morgan fingerprint density at radius 1 is 0.967 bits per heavy atom. The highest BCUT2D eigenvalue weighted by atomic mass is 16.2. The maximum atomic E-state index is 12.6. The highest BCUT2D eigenvalue weighted by Gasteiger charge is 2.20. The van der Waals surface area contributed by atoms with Gasteiger partial charge in [-0.05, 0) is 86.7 Å². The lowest BCUT2D eigenvalue weighted by molar-refractivity contribution is -0.119. The van der Waals surface area contributed by atoms with Crippen molar-refractivity contribution in [3.05, 3.63) is 59.7 Å². The smallest absolute Gasteiger partial charge is 0.255 e. The molecule has 2 amide bonds. The lowest BCUT2D eigenvalue weighted by atomic mass is 9.99. The molecule has 0 radical (unpaired) electrons. The Bertz CT molecular complexity index is 868. The second-order valence-electron chi connectivity index (χ2n) is 8.66. The third-order valence-corrected chi connectivity index (χ3v) is 6.26. The minimum Gasteiger partial charge on any atom is -0.322 e. The fourth-order valence-electron chi connectivity index (χ4n) is 4.25. The van der Waals surface area contributed by atoms with Crippen molar-refractivity contribution < 1.29 is 9.59 Å². The van der Waals surface area contributed by atoms with Gasteiger partial charge >= 0.3 is 0 Å². The molecule has 2 aliphatic heterocycles. The molecule has 2 aromatic rings. The molecule has 5 nitrogen and oxygen atoms in total. The lowest BCUT2D eigenvalue weighted by Gasteiger charge is -2.30. The normalized spacial score (nSPS) is 18.4. The van der Waals surface area contributed by atoms with E-state index in [-0.39, 0.29) is 11.8 Å². The number of hydrogen-bond acceptors (Lipinski definition) is 3. The number of nitrogens with one attached hydrogen (secondary N) is 1. The van der Waals surface area contributed by atoms with E-state index in [1.807, 2.05) is 29.2 Å². The molecule has 0 spiro atoms. The summed E-state index contributed by atoms with van der Waals surface area (Å²) in [6.45, 7) is 6.39. The van der Waals surface area contributed by atoms with E-state index in [2.05, 4.69) is 29.3 Å². The molecule has 2 fully saturated rings. The van der Waals surface area contributed by atoms with Gasteiger partial charge in [0.05, 0.1) is 0 Å². The van der Waals surface area contributed by atoms with Crippen LogP contribution < -0.4 is 10.2 Å². The van der Waals surface area contributed by atoms with Crippen LogP contribution in [0.4, 0.5) is 11.4 Å². The van der Waals surface area contributed by atoms with Crippen molar-refractivity contribution >= 4 is 23.2 Å². The van der Waals surface area contributed by atoms with E-state index in [1.165, 1.54) is 31.5 Å². The van der Waals surface area contributed by atoms with Gasteiger partial charge in [0, 0.05) is 36.4 Å². The number of anilines is 2. The monoisotopic (exact) mass is 405 g/mol. The number of carbonyl (C=O) groups is 2. The molecule has 158 valence electrons. The molecule has 0 unspecified atom stereocenters. The highest BCUT2D eigenvalue weighted by molar-refractivity contribution is 6.04. The van der Waals surface area contributed by atoms with Crippen LogP contribution in [0.5, 0.6) is 0 Å². The molecule has 0 bridgehead atoms. The van der Waals surface area contributed by atoms with Gasteiger partial charge in [-0.1, -0.05) is 19.1 Å². The minimum absolute atomic E-state index is 0.135. The van der Waals surface area contributed by atoms with Crippen molar-refractivity contribution in [2.75, 3.05) is 29.9 Å². The topological polar surface area (TPSA) is 52.7 Å². The molecule has 2 heterocycles. The van der Waals surface area contributed by atoms with Gasteiger partial charge in [0.2, 0.25) is 5.91 Å². The van der Waals surface area contributed by atoms with Gasteiger partial charge in [-0.3, -0.25) is 14.5 Å². The number of nitrogens with zero attached hydrogens (tertiary/aromatic N) is 2. The van der Waals surface area contributed by atoms with Crippen LogP contribution in [-0.2, 0) is 11.3 Å². The van der Waals surface area contributed by atoms with Gasteiger partial charge in [-0.15, -0.1) is 0 Å². The first-order chi connectivity index (χ1) is 14.6.